The average molecular weight is 283 g/mol. The van der Waals surface area contributed by atoms with E-state index in [2.05, 4.69) is 29.6 Å². The highest BCUT2D eigenvalue weighted by Crippen LogP contribution is 2.25. The minimum Gasteiger partial charge on any atom is -0.497 e. The zero-order valence-electron chi connectivity index (χ0n) is 12.4. The summed E-state index contributed by atoms with van der Waals surface area (Å²) in [5.74, 6) is 1.02. The minimum absolute atomic E-state index is 0.166. The Morgan fingerprint density at radius 2 is 2.14 bits per heavy atom. The van der Waals surface area contributed by atoms with Crippen LogP contribution >= 0.6 is 0 Å². The summed E-state index contributed by atoms with van der Waals surface area (Å²) in [6.07, 6.45) is 4.83. The molecule has 0 radical (unpaired) electrons. The highest BCUT2D eigenvalue weighted by molar-refractivity contribution is 5.87. The molecule has 2 aromatic rings. The van der Waals surface area contributed by atoms with Crippen LogP contribution in [0.15, 0.2) is 36.4 Å². The highest BCUT2D eigenvalue weighted by atomic mass is 16.5. The number of ether oxygens (including phenoxy) is 1. The molecule has 2 aromatic carbocycles. The van der Waals surface area contributed by atoms with Crippen molar-refractivity contribution < 1.29 is 9.53 Å². The molecule has 0 saturated heterocycles. The second-order valence-corrected chi connectivity index (χ2v) is 5.70. The summed E-state index contributed by atoms with van der Waals surface area (Å²) in [6.45, 7) is 0. The van der Waals surface area contributed by atoms with Gasteiger partial charge in [0, 0.05) is 12.5 Å². The number of amides is 1. The van der Waals surface area contributed by atoms with Crippen molar-refractivity contribution in [3.8, 4) is 5.75 Å². The summed E-state index contributed by atoms with van der Waals surface area (Å²) in [5.41, 5.74) is 1.20. The van der Waals surface area contributed by atoms with Crippen LogP contribution in [0.2, 0.25) is 0 Å². The third-order valence-electron chi connectivity index (χ3n) is 4.27. The van der Waals surface area contributed by atoms with Crippen molar-refractivity contribution in [3.63, 3.8) is 0 Å². The van der Waals surface area contributed by atoms with Crippen molar-refractivity contribution >= 4 is 16.7 Å². The summed E-state index contributed by atoms with van der Waals surface area (Å²) in [6, 6.07) is 12.7. The van der Waals surface area contributed by atoms with Crippen LogP contribution in [0, 0.1) is 0 Å². The van der Waals surface area contributed by atoms with E-state index >= 15 is 0 Å². The molecule has 3 nitrogen and oxygen atoms in total. The Kier molecular flexibility index (Phi) is 4.09. The summed E-state index contributed by atoms with van der Waals surface area (Å²) < 4.78 is 5.30. The molecule has 1 amide bonds. The van der Waals surface area contributed by atoms with Gasteiger partial charge in [-0.3, -0.25) is 4.79 Å². The van der Waals surface area contributed by atoms with Gasteiger partial charge in [-0.1, -0.05) is 24.3 Å². The van der Waals surface area contributed by atoms with Gasteiger partial charge in [-0.2, -0.15) is 0 Å². The molecule has 1 fully saturated rings. The van der Waals surface area contributed by atoms with Crippen molar-refractivity contribution in [2.24, 2.45) is 0 Å². The van der Waals surface area contributed by atoms with Crippen LogP contribution in [0.4, 0.5) is 0 Å². The lowest BCUT2D eigenvalue weighted by molar-refractivity contribution is -0.122. The number of methoxy groups -OCH3 is 1. The number of carbonyl (C=O) groups excluding carboxylic acids is 1. The molecular formula is C18H21NO2. The van der Waals surface area contributed by atoms with Crippen LogP contribution < -0.4 is 10.1 Å². The molecule has 0 unspecified atom stereocenters. The second kappa shape index (κ2) is 6.17. The number of hydrogen-bond donors (Lipinski definition) is 1. The van der Waals surface area contributed by atoms with Crippen LogP contribution in [0.5, 0.6) is 5.75 Å². The summed E-state index contributed by atoms with van der Waals surface area (Å²) in [4.78, 5) is 11.9. The SMILES string of the molecule is COc1ccc2cccc(CCC(=O)NC3CCC3)c2c1. The quantitative estimate of drug-likeness (QED) is 0.912. The first-order valence-electron chi connectivity index (χ1n) is 7.61. The lowest BCUT2D eigenvalue weighted by Crippen LogP contribution is -2.39. The maximum atomic E-state index is 11.9. The fourth-order valence-corrected chi connectivity index (χ4v) is 2.76. The zero-order valence-corrected chi connectivity index (χ0v) is 12.4. The van der Waals surface area contributed by atoms with Gasteiger partial charge in [0.05, 0.1) is 7.11 Å². The average Bonchev–Trinajstić information content (AvgIpc) is 2.48. The van der Waals surface area contributed by atoms with Crippen LogP contribution in [0.25, 0.3) is 10.8 Å². The van der Waals surface area contributed by atoms with Gasteiger partial charge in [-0.05, 0) is 54.2 Å². The number of carbonyl (C=O) groups is 1. The Labute approximate surface area is 125 Å². The summed E-state index contributed by atoms with van der Waals surface area (Å²) in [7, 11) is 1.68. The zero-order chi connectivity index (χ0) is 14.7. The molecular weight excluding hydrogens is 262 g/mol. The number of fused-ring (bicyclic) bond motifs is 1. The van der Waals surface area contributed by atoms with Gasteiger partial charge in [-0.25, -0.2) is 0 Å². The van der Waals surface area contributed by atoms with Crippen LogP contribution in [-0.4, -0.2) is 19.1 Å². The Morgan fingerprint density at radius 3 is 2.86 bits per heavy atom. The third kappa shape index (κ3) is 3.18. The van der Waals surface area contributed by atoms with Crippen LogP contribution in [0.3, 0.4) is 0 Å². The van der Waals surface area contributed by atoms with Gasteiger partial charge in [0.2, 0.25) is 5.91 Å². The number of aryl methyl sites for hydroxylation is 1. The van der Waals surface area contributed by atoms with Gasteiger partial charge in [0.1, 0.15) is 5.75 Å². The van der Waals surface area contributed by atoms with E-state index in [0.29, 0.717) is 12.5 Å². The first-order chi connectivity index (χ1) is 10.3. The Morgan fingerprint density at radius 1 is 1.29 bits per heavy atom. The monoisotopic (exact) mass is 283 g/mol. The van der Waals surface area contributed by atoms with Crippen molar-refractivity contribution in [3.05, 3.63) is 42.0 Å². The van der Waals surface area contributed by atoms with Crippen molar-refractivity contribution in [2.45, 2.75) is 38.1 Å². The summed E-state index contributed by atoms with van der Waals surface area (Å²) in [5, 5.41) is 5.46. The molecule has 21 heavy (non-hydrogen) atoms. The van der Waals surface area contributed by atoms with Crippen LogP contribution in [-0.2, 0) is 11.2 Å². The fraction of sp³-hybridized carbons (Fsp3) is 0.389. The normalized spacial score (nSPS) is 14.7. The second-order valence-electron chi connectivity index (χ2n) is 5.70. The van der Waals surface area contributed by atoms with E-state index in [4.69, 9.17) is 4.74 Å². The van der Waals surface area contributed by atoms with E-state index in [1.807, 2.05) is 12.1 Å². The smallest absolute Gasteiger partial charge is 0.220 e. The van der Waals surface area contributed by atoms with Gasteiger partial charge in [0.25, 0.3) is 0 Å². The van der Waals surface area contributed by atoms with Crippen LogP contribution in [0.1, 0.15) is 31.2 Å². The van der Waals surface area contributed by atoms with E-state index in [0.717, 1.165) is 25.0 Å². The molecule has 0 aromatic heterocycles. The van der Waals surface area contributed by atoms with Gasteiger partial charge < -0.3 is 10.1 Å². The standard InChI is InChI=1S/C18H21NO2/c1-21-16-10-8-13-4-2-5-14(17(13)12-16)9-11-18(20)19-15-6-3-7-15/h2,4-5,8,10,12,15H,3,6-7,9,11H2,1H3,(H,19,20). The Hall–Kier alpha value is -2.03. The topological polar surface area (TPSA) is 38.3 Å². The van der Waals surface area contributed by atoms with E-state index in [-0.39, 0.29) is 5.91 Å². The molecule has 3 heteroatoms. The number of rotatable bonds is 5. The van der Waals surface area contributed by atoms with Gasteiger partial charge in [0.15, 0.2) is 0 Å². The lowest BCUT2D eigenvalue weighted by atomic mass is 9.93. The number of hydrogen-bond acceptors (Lipinski definition) is 2. The molecule has 0 bridgehead atoms. The molecule has 0 spiro atoms. The molecule has 0 aliphatic heterocycles. The molecule has 110 valence electrons. The molecule has 1 aliphatic carbocycles. The first kappa shape index (κ1) is 13.9. The molecule has 1 saturated carbocycles. The van der Waals surface area contributed by atoms with E-state index in [1.165, 1.54) is 22.8 Å². The first-order valence-corrected chi connectivity index (χ1v) is 7.61. The summed E-state index contributed by atoms with van der Waals surface area (Å²) >= 11 is 0. The van der Waals surface area contributed by atoms with Crippen molar-refractivity contribution in [2.75, 3.05) is 7.11 Å². The highest BCUT2D eigenvalue weighted by Gasteiger charge is 2.19. The largest absolute Gasteiger partial charge is 0.497 e. The number of nitrogens with one attached hydrogen (secondary N) is 1. The third-order valence-corrected chi connectivity index (χ3v) is 4.27. The van der Waals surface area contributed by atoms with E-state index in [1.54, 1.807) is 7.11 Å². The number of benzene rings is 2. The Balaban J connectivity index is 1.71. The molecule has 1 N–H and O–H groups in total. The predicted molar refractivity (Wildman–Crippen MR) is 84.6 cm³/mol. The van der Waals surface area contributed by atoms with E-state index < -0.39 is 0 Å². The molecule has 0 atom stereocenters. The van der Waals surface area contributed by atoms with E-state index in [9.17, 15) is 4.79 Å². The fourth-order valence-electron chi connectivity index (χ4n) is 2.76. The Bertz CT molecular complexity index is 647. The van der Waals surface area contributed by atoms with Crippen molar-refractivity contribution in [1.29, 1.82) is 0 Å². The predicted octanol–water partition coefficient (Wildman–Crippen LogP) is 3.45. The lowest BCUT2D eigenvalue weighted by Gasteiger charge is -2.26. The maximum Gasteiger partial charge on any atom is 0.220 e. The van der Waals surface area contributed by atoms with Gasteiger partial charge >= 0.3 is 0 Å². The van der Waals surface area contributed by atoms with Gasteiger partial charge in [-0.15, -0.1) is 0 Å². The molecule has 0 heterocycles. The molecule has 3 rings (SSSR count). The minimum atomic E-state index is 0.166. The molecule has 1 aliphatic rings. The van der Waals surface area contributed by atoms with Crippen molar-refractivity contribution in [1.82, 2.24) is 5.32 Å². The maximum absolute atomic E-state index is 11.9.